The summed E-state index contributed by atoms with van der Waals surface area (Å²) in [6, 6.07) is 12.7. The number of carbonyl (C=O) groups is 1. The maximum absolute atomic E-state index is 13.1. The van der Waals surface area contributed by atoms with Gasteiger partial charge in [0.15, 0.2) is 11.5 Å². The fraction of sp³-hybridized carbons (Fsp3) is 0.238. The lowest BCUT2D eigenvalue weighted by Gasteiger charge is -2.20. The van der Waals surface area contributed by atoms with E-state index >= 15 is 0 Å². The average molecular weight is 397 g/mol. The van der Waals surface area contributed by atoms with Crippen molar-refractivity contribution in [3.63, 3.8) is 0 Å². The van der Waals surface area contributed by atoms with Gasteiger partial charge in [-0.05, 0) is 48.0 Å². The van der Waals surface area contributed by atoms with E-state index in [9.17, 15) is 14.3 Å². The molecule has 0 saturated carbocycles. The predicted octanol–water partition coefficient (Wildman–Crippen LogP) is 2.46. The lowest BCUT2D eigenvalue weighted by atomic mass is 10.1. The van der Waals surface area contributed by atoms with Gasteiger partial charge in [-0.1, -0.05) is 6.07 Å². The van der Waals surface area contributed by atoms with E-state index in [0.717, 1.165) is 0 Å². The molecule has 29 heavy (non-hydrogen) atoms. The van der Waals surface area contributed by atoms with Crippen molar-refractivity contribution in [2.75, 3.05) is 19.8 Å². The number of carbonyl (C=O) groups excluding carboxylic acids is 1. The molecular formula is C21H20FN3O4. The third-order valence-electron chi connectivity index (χ3n) is 4.66. The van der Waals surface area contributed by atoms with E-state index in [1.807, 2.05) is 0 Å². The molecule has 0 spiro atoms. The fourth-order valence-electron chi connectivity index (χ4n) is 3.11. The van der Waals surface area contributed by atoms with Gasteiger partial charge in [0.2, 0.25) is 0 Å². The molecule has 0 aliphatic carbocycles. The van der Waals surface area contributed by atoms with E-state index in [-0.39, 0.29) is 18.3 Å². The first-order valence-corrected chi connectivity index (χ1v) is 9.17. The summed E-state index contributed by atoms with van der Waals surface area (Å²) in [6.45, 7) is 0.977. The number of aliphatic hydroxyl groups is 1. The minimum Gasteiger partial charge on any atom is -0.486 e. The van der Waals surface area contributed by atoms with Crippen molar-refractivity contribution in [2.45, 2.75) is 6.10 Å². The first-order valence-electron chi connectivity index (χ1n) is 9.17. The molecule has 3 aromatic rings. The van der Waals surface area contributed by atoms with E-state index in [1.54, 1.807) is 43.4 Å². The van der Waals surface area contributed by atoms with E-state index < -0.39 is 6.10 Å². The molecule has 0 bridgehead atoms. The summed E-state index contributed by atoms with van der Waals surface area (Å²) in [5, 5.41) is 17.4. The molecule has 2 heterocycles. The molecule has 2 aromatic carbocycles. The standard InChI is InChI=1S/C21H20FN3O4/c1-25-17(11-16(24-25)13-2-5-15(22)6-3-13)21(27)23-12-18(26)14-4-7-19-20(10-14)29-9-8-28-19/h2-7,10-11,18,26H,8-9,12H2,1H3,(H,23,27). The van der Waals surface area contributed by atoms with Crippen LogP contribution < -0.4 is 14.8 Å². The zero-order valence-electron chi connectivity index (χ0n) is 15.8. The van der Waals surface area contributed by atoms with Crippen LogP contribution >= 0.6 is 0 Å². The highest BCUT2D eigenvalue weighted by Gasteiger charge is 2.18. The second-order valence-electron chi connectivity index (χ2n) is 6.67. The summed E-state index contributed by atoms with van der Waals surface area (Å²) in [5.41, 5.74) is 2.22. The molecule has 1 aliphatic rings. The van der Waals surface area contributed by atoms with Gasteiger partial charge in [-0.15, -0.1) is 0 Å². The maximum atomic E-state index is 13.1. The van der Waals surface area contributed by atoms with Gasteiger partial charge in [0.25, 0.3) is 5.91 Å². The normalized spacial score (nSPS) is 13.8. The number of rotatable bonds is 5. The number of halogens is 1. The molecule has 8 heteroatoms. The smallest absolute Gasteiger partial charge is 0.269 e. The lowest BCUT2D eigenvalue weighted by molar-refractivity contribution is 0.0906. The first-order chi connectivity index (χ1) is 14.0. The van der Waals surface area contributed by atoms with Crippen LogP contribution in [0.3, 0.4) is 0 Å². The number of ether oxygens (including phenoxy) is 2. The number of hydrogen-bond acceptors (Lipinski definition) is 5. The predicted molar refractivity (Wildman–Crippen MR) is 103 cm³/mol. The second kappa shape index (κ2) is 7.92. The highest BCUT2D eigenvalue weighted by molar-refractivity contribution is 5.93. The Labute approximate surface area is 166 Å². The first kappa shape index (κ1) is 18.9. The molecule has 1 unspecified atom stereocenters. The molecular weight excluding hydrogens is 377 g/mol. The number of fused-ring (bicyclic) bond motifs is 1. The maximum Gasteiger partial charge on any atom is 0.269 e. The Morgan fingerprint density at radius 3 is 2.66 bits per heavy atom. The van der Waals surface area contributed by atoms with E-state index in [4.69, 9.17) is 9.47 Å². The van der Waals surface area contributed by atoms with Gasteiger partial charge in [0, 0.05) is 19.2 Å². The van der Waals surface area contributed by atoms with E-state index in [0.29, 0.717) is 47.2 Å². The number of hydrogen-bond donors (Lipinski definition) is 2. The van der Waals surface area contributed by atoms with Crippen molar-refractivity contribution in [1.82, 2.24) is 15.1 Å². The number of aromatic nitrogens is 2. The van der Waals surface area contributed by atoms with Gasteiger partial charge in [0.1, 0.15) is 24.7 Å². The molecule has 0 radical (unpaired) electrons. The Morgan fingerprint density at radius 1 is 1.17 bits per heavy atom. The zero-order chi connectivity index (χ0) is 20.4. The average Bonchev–Trinajstić information content (AvgIpc) is 3.13. The van der Waals surface area contributed by atoms with E-state index in [1.165, 1.54) is 16.8 Å². The largest absolute Gasteiger partial charge is 0.486 e. The highest BCUT2D eigenvalue weighted by atomic mass is 19.1. The monoisotopic (exact) mass is 397 g/mol. The van der Waals surface area contributed by atoms with Crippen LogP contribution in [0.4, 0.5) is 4.39 Å². The molecule has 150 valence electrons. The number of nitrogens with one attached hydrogen (secondary N) is 1. The number of aryl methyl sites for hydroxylation is 1. The zero-order valence-corrected chi connectivity index (χ0v) is 15.8. The van der Waals surface area contributed by atoms with Crippen LogP contribution in [0.5, 0.6) is 11.5 Å². The van der Waals surface area contributed by atoms with Gasteiger partial charge >= 0.3 is 0 Å². The van der Waals surface area contributed by atoms with E-state index in [2.05, 4.69) is 10.4 Å². The number of nitrogens with zero attached hydrogens (tertiary/aromatic N) is 2. The Morgan fingerprint density at radius 2 is 1.90 bits per heavy atom. The molecule has 2 N–H and O–H groups in total. The van der Waals surface area contributed by atoms with Crippen LogP contribution in [-0.2, 0) is 7.05 Å². The molecule has 1 aliphatic heterocycles. The van der Waals surface area contributed by atoms with Gasteiger partial charge in [-0.25, -0.2) is 4.39 Å². The Hall–Kier alpha value is -3.39. The van der Waals surface area contributed by atoms with Crippen LogP contribution in [0.2, 0.25) is 0 Å². The van der Waals surface area contributed by atoms with Gasteiger partial charge in [-0.3, -0.25) is 9.48 Å². The van der Waals surface area contributed by atoms with Gasteiger partial charge in [0.05, 0.1) is 11.8 Å². The van der Waals surface area contributed by atoms with Crippen LogP contribution in [0, 0.1) is 5.82 Å². The SMILES string of the molecule is Cn1nc(-c2ccc(F)cc2)cc1C(=O)NCC(O)c1ccc2c(c1)OCCO2. The Kier molecular flexibility index (Phi) is 5.18. The molecule has 1 amide bonds. The molecule has 0 fully saturated rings. The molecule has 1 atom stereocenters. The van der Waals surface area contributed by atoms with Crippen molar-refractivity contribution in [3.05, 3.63) is 65.6 Å². The summed E-state index contributed by atoms with van der Waals surface area (Å²) >= 11 is 0. The van der Waals surface area contributed by atoms with Crippen molar-refractivity contribution >= 4 is 5.91 Å². The van der Waals surface area contributed by atoms with Crippen molar-refractivity contribution < 1.29 is 23.8 Å². The lowest BCUT2D eigenvalue weighted by Crippen LogP contribution is -2.30. The number of benzene rings is 2. The van der Waals surface area contributed by atoms with Crippen LogP contribution in [-0.4, -0.2) is 40.6 Å². The second-order valence-corrected chi connectivity index (χ2v) is 6.67. The van der Waals surface area contributed by atoms with Crippen LogP contribution in [0.25, 0.3) is 11.3 Å². The fourth-order valence-corrected chi connectivity index (χ4v) is 3.11. The highest BCUT2D eigenvalue weighted by Crippen LogP contribution is 2.32. The minimum atomic E-state index is -0.903. The van der Waals surface area contributed by atoms with Crippen molar-refractivity contribution in [3.8, 4) is 22.8 Å². The summed E-state index contributed by atoms with van der Waals surface area (Å²) in [6.07, 6.45) is -0.903. The molecule has 7 nitrogen and oxygen atoms in total. The number of aliphatic hydroxyl groups excluding tert-OH is 1. The third-order valence-corrected chi connectivity index (χ3v) is 4.66. The summed E-state index contributed by atoms with van der Waals surface area (Å²) in [5.74, 6) is 0.509. The topological polar surface area (TPSA) is 85.6 Å². The van der Waals surface area contributed by atoms with Crippen LogP contribution in [0.1, 0.15) is 22.2 Å². The molecule has 0 saturated heterocycles. The Balaban J connectivity index is 1.42. The van der Waals surface area contributed by atoms with Crippen LogP contribution in [0.15, 0.2) is 48.5 Å². The number of amides is 1. The third kappa shape index (κ3) is 4.07. The van der Waals surface area contributed by atoms with Gasteiger partial charge < -0.3 is 19.9 Å². The summed E-state index contributed by atoms with van der Waals surface area (Å²) in [4.78, 5) is 12.5. The summed E-state index contributed by atoms with van der Waals surface area (Å²) < 4.78 is 25.5. The van der Waals surface area contributed by atoms with Crippen molar-refractivity contribution in [2.24, 2.45) is 7.05 Å². The van der Waals surface area contributed by atoms with Gasteiger partial charge in [-0.2, -0.15) is 5.10 Å². The molecule has 4 rings (SSSR count). The van der Waals surface area contributed by atoms with Crippen molar-refractivity contribution in [1.29, 1.82) is 0 Å². The minimum absolute atomic E-state index is 0.0234. The summed E-state index contributed by atoms with van der Waals surface area (Å²) in [7, 11) is 1.65. The quantitative estimate of drug-likeness (QED) is 0.691. The molecule has 1 aromatic heterocycles. The Bertz CT molecular complexity index is 1030.